The summed E-state index contributed by atoms with van der Waals surface area (Å²) in [7, 11) is 0. The van der Waals surface area contributed by atoms with Crippen molar-refractivity contribution < 1.29 is 9.90 Å². The standard InChI is InChI=1S/C4H7ClO2/c1-3(2-5)4(6)7/h3H,2H2,1H3,(H,6,7)/p-1. The summed E-state index contributed by atoms with van der Waals surface area (Å²) in [6.07, 6.45) is 0. The third-order valence-electron chi connectivity index (χ3n) is 0.634. The normalized spacial score (nSPS) is 13.4. The fourth-order valence-corrected chi connectivity index (χ4v) is 0.189. The molecule has 0 aliphatic heterocycles. The molecule has 0 spiro atoms. The van der Waals surface area contributed by atoms with Crippen LogP contribution in [0.4, 0.5) is 0 Å². The number of carbonyl (C=O) groups excluding carboxylic acids is 1. The SMILES string of the molecule is CC(CCl)C(=O)[O-]. The van der Waals surface area contributed by atoms with Crippen molar-refractivity contribution in [3.05, 3.63) is 0 Å². The van der Waals surface area contributed by atoms with Crippen LogP contribution in [0, 0.1) is 5.92 Å². The summed E-state index contributed by atoms with van der Waals surface area (Å²) in [5, 5.41) is 9.73. The third-order valence-corrected chi connectivity index (χ3v) is 1.10. The van der Waals surface area contributed by atoms with E-state index < -0.39 is 11.9 Å². The molecule has 0 saturated heterocycles. The first-order valence-corrected chi connectivity index (χ1v) is 2.48. The number of halogens is 1. The summed E-state index contributed by atoms with van der Waals surface area (Å²) in [4.78, 5) is 9.73. The Morgan fingerprint density at radius 2 is 2.43 bits per heavy atom. The predicted octanol–water partition coefficient (Wildman–Crippen LogP) is -0.389. The molecule has 0 heterocycles. The van der Waals surface area contributed by atoms with Crippen molar-refractivity contribution in [1.82, 2.24) is 0 Å². The van der Waals surface area contributed by atoms with Crippen molar-refractivity contribution in [3.8, 4) is 0 Å². The molecule has 2 nitrogen and oxygen atoms in total. The van der Waals surface area contributed by atoms with E-state index in [2.05, 4.69) is 0 Å². The topological polar surface area (TPSA) is 40.1 Å². The minimum Gasteiger partial charge on any atom is -0.550 e. The van der Waals surface area contributed by atoms with Gasteiger partial charge in [-0.05, 0) is 0 Å². The lowest BCUT2D eigenvalue weighted by Gasteiger charge is -2.05. The molecular formula is C4H6ClO2-. The second-order valence-electron chi connectivity index (χ2n) is 1.37. The van der Waals surface area contributed by atoms with E-state index in [0.29, 0.717) is 0 Å². The molecule has 0 amide bonds. The van der Waals surface area contributed by atoms with E-state index in [1.807, 2.05) is 0 Å². The smallest absolute Gasteiger partial charge is 0.0454 e. The fourth-order valence-electron chi connectivity index (χ4n) is 0.0630. The molecule has 0 aliphatic carbocycles. The van der Waals surface area contributed by atoms with Gasteiger partial charge in [-0.25, -0.2) is 0 Å². The third kappa shape index (κ3) is 2.45. The van der Waals surface area contributed by atoms with E-state index in [4.69, 9.17) is 11.6 Å². The average molecular weight is 122 g/mol. The Balaban J connectivity index is 3.34. The number of hydrogen-bond acceptors (Lipinski definition) is 2. The molecule has 0 aliphatic rings. The van der Waals surface area contributed by atoms with Crippen molar-refractivity contribution in [2.45, 2.75) is 6.92 Å². The van der Waals surface area contributed by atoms with Crippen LogP contribution in [-0.4, -0.2) is 11.8 Å². The lowest BCUT2D eigenvalue weighted by Crippen LogP contribution is -2.30. The quantitative estimate of drug-likeness (QED) is 0.467. The van der Waals surface area contributed by atoms with Gasteiger partial charge in [0.15, 0.2) is 0 Å². The first kappa shape index (κ1) is 6.76. The summed E-state index contributed by atoms with van der Waals surface area (Å²) < 4.78 is 0. The second-order valence-corrected chi connectivity index (χ2v) is 1.68. The van der Waals surface area contributed by atoms with Crippen LogP contribution in [0.1, 0.15) is 6.92 Å². The van der Waals surface area contributed by atoms with Crippen LogP contribution in [0.25, 0.3) is 0 Å². The Hall–Kier alpha value is -0.240. The Kier molecular flexibility index (Phi) is 2.76. The van der Waals surface area contributed by atoms with Crippen LogP contribution in [0.3, 0.4) is 0 Å². The van der Waals surface area contributed by atoms with E-state index in [-0.39, 0.29) is 5.88 Å². The fraction of sp³-hybridized carbons (Fsp3) is 0.750. The molecule has 42 valence electrons. The summed E-state index contributed by atoms with van der Waals surface area (Å²) in [5.41, 5.74) is 0. The van der Waals surface area contributed by atoms with Gasteiger partial charge < -0.3 is 9.90 Å². The van der Waals surface area contributed by atoms with Crippen molar-refractivity contribution in [1.29, 1.82) is 0 Å². The second kappa shape index (κ2) is 2.86. The maximum Gasteiger partial charge on any atom is 0.0454 e. The summed E-state index contributed by atoms with van der Waals surface area (Å²) in [6.45, 7) is 1.50. The minimum absolute atomic E-state index is 0.127. The Morgan fingerprint density at radius 1 is 2.00 bits per heavy atom. The van der Waals surface area contributed by atoms with Crippen LogP contribution in [-0.2, 0) is 4.79 Å². The van der Waals surface area contributed by atoms with Crippen LogP contribution in [0.5, 0.6) is 0 Å². The first-order valence-electron chi connectivity index (χ1n) is 1.95. The number of aliphatic carboxylic acids is 1. The number of alkyl halides is 1. The molecule has 0 radical (unpaired) electrons. The Bertz CT molecular complexity index is 72.1. The highest BCUT2D eigenvalue weighted by Crippen LogP contribution is 1.93. The molecule has 3 heteroatoms. The maximum absolute atomic E-state index is 9.73. The predicted molar refractivity (Wildman–Crippen MR) is 24.9 cm³/mol. The molecule has 0 rings (SSSR count). The highest BCUT2D eigenvalue weighted by atomic mass is 35.5. The molecule has 0 fully saturated rings. The summed E-state index contributed by atoms with van der Waals surface area (Å²) in [6, 6.07) is 0. The van der Waals surface area contributed by atoms with E-state index in [1.54, 1.807) is 0 Å². The highest BCUT2D eigenvalue weighted by Gasteiger charge is 1.96. The van der Waals surface area contributed by atoms with E-state index in [1.165, 1.54) is 6.92 Å². The van der Waals surface area contributed by atoms with E-state index in [0.717, 1.165) is 0 Å². The van der Waals surface area contributed by atoms with E-state index in [9.17, 15) is 9.90 Å². The molecule has 0 bridgehead atoms. The maximum atomic E-state index is 9.73. The van der Waals surface area contributed by atoms with Gasteiger partial charge in [0.2, 0.25) is 0 Å². The highest BCUT2D eigenvalue weighted by molar-refractivity contribution is 6.19. The number of carboxylic acids is 1. The summed E-state index contributed by atoms with van der Waals surface area (Å²) >= 11 is 5.13. The van der Waals surface area contributed by atoms with Crippen molar-refractivity contribution in [2.24, 2.45) is 5.92 Å². The molecule has 1 atom stereocenters. The van der Waals surface area contributed by atoms with Crippen molar-refractivity contribution in [3.63, 3.8) is 0 Å². The zero-order chi connectivity index (χ0) is 5.86. The van der Waals surface area contributed by atoms with Gasteiger partial charge in [-0.15, -0.1) is 11.6 Å². The van der Waals surface area contributed by atoms with Crippen LogP contribution in [0.15, 0.2) is 0 Å². The van der Waals surface area contributed by atoms with Crippen LogP contribution in [0.2, 0.25) is 0 Å². The van der Waals surface area contributed by atoms with E-state index >= 15 is 0 Å². The van der Waals surface area contributed by atoms with Gasteiger partial charge in [0.25, 0.3) is 0 Å². The summed E-state index contributed by atoms with van der Waals surface area (Å²) in [5.74, 6) is -1.49. The number of hydrogen-bond donors (Lipinski definition) is 0. The van der Waals surface area contributed by atoms with Crippen LogP contribution < -0.4 is 5.11 Å². The Morgan fingerprint density at radius 3 is 2.43 bits per heavy atom. The first-order chi connectivity index (χ1) is 3.18. The molecule has 0 aromatic heterocycles. The number of rotatable bonds is 2. The molecule has 7 heavy (non-hydrogen) atoms. The number of carbonyl (C=O) groups is 1. The molecule has 0 aromatic rings. The van der Waals surface area contributed by atoms with Crippen LogP contribution >= 0.6 is 11.6 Å². The largest absolute Gasteiger partial charge is 0.550 e. The lowest BCUT2D eigenvalue weighted by atomic mass is 10.2. The average Bonchev–Trinajstić information content (AvgIpc) is 1.65. The van der Waals surface area contributed by atoms with Gasteiger partial charge in [0.1, 0.15) is 0 Å². The van der Waals surface area contributed by atoms with Gasteiger partial charge in [-0.3, -0.25) is 0 Å². The van der Waals surface area contributed by atoms with Gasteiger partial charge in [-0.1, -0.05) is 6.92 Å². The zero-order valence-corrected chi connectivity index (χ0v) is 4.73. The van der Waals surface area contributed by atoms with Gasteiger partial charge in [-0.2, -0.15) is 0 Å². The molecule has 0 aromatic carbocycles. The van der Waals surface area contributed by atoms with Gasteiger partial charge in [0, 0.05) is 17.8 Å². The lowest BCUT2D eigenvalue weighted by molar-refractivity contribution is -0.310. The van der Waals surface area contributed by atoms with Crippen molar-refractivity contribution in [2.75, 3.05) is 5.88 Å². The molecule has 0 saturated carbocycles. The molecule has 1 unspecified atom stereocenters. The minimum atomic E-state index is -1.09. The van der Waals surface area contributed by atoms with Gasteiger partial charge in [0.05, 0.1) is 0 Å². The number of carboxylic acid groups (broad SMARTS) is 1. The Labute approximate surface area is 47.1 Å². The molecular weight excluding hydrogens is 115 g/mol. The monoisotopic (exact) mass is 121 g/mol. The van der Waals surface area contributed by atoms with Crippen molar-refractivity contribution >= 4 is 17.6 Å². The van der Waals surface area contributed by atoms with Gasteiger partial charge >= 0.3 is 0 Å². The molecule has 0 N–H and O–H groups in total. The zero-order valence-electron chi connectivity index (χ0n) is 3.98.